The van der Waals surface area contributed by atoms with E-state index in [1.165, 1.54) is 15.0 Å². The standard InChI is InChI=1S/C15H16N2O3S/c18-14(19)9-17-7-2-4-12(17)15(20)16-11-3-1-5-13-10(11)6-8-21-13/h2,4,6-8,11H,1,3,5,9H2,(H,16,20)(H,18,19). The molecule has 1 amide bonds. The molecule has 0 bridgehead atoms. The Bertz CT molecular complexity index is 674. The van der Waals surface area contributed by atoms with Crippen molar-refractivity contribution in [1.82, 2.24) is 9.88 Å². The number of hydrogen-bond acceptors (Lipinski definition) is 3. The number of carboxylic acids is 1. The van der Waals surface area contributed by atoms with Crippen molar-refractivity contribution in [1.29, 1.82) is 0 Å². The predicted octanol–water partition coefficient (Wildman–Crippen LogP) is 2.44. The van der Waals surface area contributed by atoms with Gasteiger partial charge in [-0.25, -0.2) is 0 Å². The van der Waals surface area contributed by atoms with Crippen molar-refractivity contribution in [2.45, 2.75) is 31.8 Å². The normalized spacial score (nSPS) is 17.2. The van der Waals surface area contributed by atoms with Crippen molar-refractivity contribution in [3.05, 3.63) is 45.9 Å². The van der Waals surface area contributed by atoms with Crippen LogP contribution in [-0.4, -0.2) is 21.6 Å². The predicted molar refractivity (Wildman–Crippen MR) is 79.5 cm³/mol. The number of fused-ring (bicyclic) bond motifs is 1. The van der Waals surface area contributed by atoms with Crippen LogP contribution in [-0.2, 0) is 17.8 Å². The molecule has 1 atom stereocenters. The number of carboxylic acid groups (broad SMARTS) is 1. The maximum atomic E-state index is 12.4. The number of aromatic nitrogens is 1. The van der Waals surface area contributed by atoms with Crippen LogP contribution in [0.1, 0.15) is 39.8 Å². The fourth-order valence-corrected chi connectivity index (χ4v) is 3.76. The lowest BCUT2D eigenvalue weighted by Crippen LogP contribution is -2.32. The number of nitrogens with one attached hydrogen (secondary N) is 1. The zero-order valence-corrected chi connectivity index (χ0v) is 12.2. The molecule has 21 heavy (non-hydrogen) atoms. The van der Waals surface area contributed by atoms with Gasteiger partial charge in [-0.1, -0.05) is 0 Å². The molecule has 6 heteroatoms. The molecule has 3 rings (SSSR count). The van der Waals surface area contributed by atoms with Crippen molar-refractivity contribution >= 4 is 23.2 Å². The Hall–Kier alpha value is -2.08. The maximum Gasteiger partial charge on any atom is 0.323 e. The average Bonchev–Trinajstić information content (AvgIpc) is 3.06. The maximum absolute atomic E-state index is 12.4. The van der Waals surface area contributed by atoms with E-state index in [4.69, 9.17) is 5.11 Å². The van der Waals surface area contributed by atoms with Gasteiger partial charge in [-0.05, 0) is 48.4 Å². The molecule has 2 aromatic rings. The highest BCUT2D eigenvalue weighted by Gasteiger charge is 2.24. The van der Waals surface area contributed by atoms with Crippen molar-refractivity contribution in [2.75, 3.05) is 0 Å². The first-order valence-corrected chi connectivity index (χ1v) is 7.77. The van der Waals surface area contributed by atoms with Crippen LogP contribution in [0.15, 0.2) is 29.8 Å². The van der Waals surface area contributed by atoms with Crippen LogP contribution < -0.4 is 5.32 Å². The molecule has 0 fully saturated rings. The summed E-state index contributed by atoms with van der Waals surface area (Å²) in [6.07, 6.45) is 4.68. The van der Waals surface area contributed by atoms with Gasteiger partial charge >= 0.3 is 5.97 Å². The number of rotatable bonds is 4. The third kappa shape index (κ3) is 2.85. The van der Waals surface area contributed by atoms with E-state index in [0.29, 0.717) is 5.69 Å². The Morgan fingerprint density at radius 2 is 2.29 bits per heavy atom. The van der Waals surface area contributed by atoms with Crippen molar-refractivity contribution < 1.29 is 14.7 Å². The van der Waals surface area contributed by atoms with Crippen LogP contribution in [0.3, 0.4) is 0 Å². The number of amides is 1. The van der Waals surface area contributed by atoms with E-state index in [1.807, 2.05) is 0 Å². The van der Waals surface area contributed by atoms with E-state index in [-0.39, 0.29) is 18.5 Å². The van der Waals surface area contributed by atoms with Crippen molar-refractivity contribution in [3.8, 4) is 0 Å². The highest BCUT2D eigenvalue weighted by molar-refractivity contribution is 7.10. The van der Waals surface area contributed by atoms with Gasteiger partial charge in [-0.15, -0.1) is 11.3 Å². The monoisotopic (exact) mass is 304 g/mol. The van der Waals surface area contributed by atoms with E-state index in [9.17, 15) is 9.59 Å². The molecule has 0 saturated heterocycles. The van der Waals surface area contributed by atoms with E-state index in [1.54, 1.807) is 29.7 Å². The Morgan fingerprint density at radius 1 is 1.43 bits per heavy atom. The molecule has 2 N–H and O–H groups in total. The highest BCUT2D eigenvalue weighted by Crippen LogP contribution is 2.33. The third-order valence-corrected chi connectivity index (χ3v) is 4.72. The summed E-state index contributed by atoms with van der Waals surface area (Å²) in [7, 11) is 0. The molecule has 0 spiro atoms. The number of aliphatic carboxylic acids is 1. The summed E-state index contributed by atoms with van der Waals surface area (Å²) in [5.74, 6) is -1.18. The molecule has 0 aromatic carbocycles. The van der Waals surface area contributed by atoms with Gasteiger partial charge in [0.25, 0.3) is 5.91 Å². The van der Waals surface area contributed by atoms with Gasteiger partial charge in [-0.3, -0.25) is 9.59 Å². The Balaban J connectivity index is 1.76. The van der Waals surface area contributed by atoms with Gasteiger partial charge in [0.05, 0.1) is 6.04 Å². The van der Waals surface area contributed by atoms with Crippen LogP contribution in [0.2, 0.25) is 0 Å². The number of carbonyl (C=O) groups is 2. The summed E-state index contributed by atoms with van der Waals surface area (Å²) in [5.41, 5.74) is 1.59. The molecule has 1 aliphatic carbocycles. The summed E-state index contributed by atoms with van der Waals surface area (Å²) in [4.78, 5) is 24.5. The lowest BCUT2D eigenvalue weighted by atomic mass is 9.94. The largest absolute Gasteiger partial charge is 0.480 e. The Labute approximate surface area is 126 Å². The molecule has 1 unspecified atom stereocenters. The third-order valence-electron chi connectivity index (χ3n) is 3.73. The van der Waals surface area contributed by atoms with Crippen LogP contribution in [0.25, 0.3) is 0 Å². The second-order valence-corrected chi connectivity index (χ2v) is 6.13. The minimum Gasteiger partial charge on any atom is -0.480 e. The topological polar surface area (TPSA) is 71.3 Å². The molecule has 2 heterocycles. The van der Waals surface area contributed by atoms with Gasteiger partial charge in [0.2, 0.25) is 0 Å². The van der Waals surface area contributed by atoms with Crippen LogP contribution in [0.5, 0.6) is 0 Å². The summed E-state index contributed by atoms with van der Waals surface area (Å²) in [5, 5.41) is 14.0. The van der Waals surface area contributed by atoms with Gasteiger partial charge in [0, 0.05) is 11.1 Å². The van der Waals surface area contributed by atoms with E-state index in [0.717, 1.165) is 19.3 Å². The second-order valence-electron chi connectivity index (χ2n) is 5.13. The highest BCUT2D eigenvalue weighted by atomic mass is 32.1. The molecule has 5 nitrogen and oxygen atoms in total. The molecule has 0 radical (unpaired) electrons. The molecule has 0 saturated carbocycles. The lowest BCUT2D eigenvalue weighted by Gasteiger charge is -2.23. The quantitative estimate of drug-likeness (QED) is 0.911. The molecule has 110 valence electrons. The van der Waals surface area contributed by atoms with E-state index in [2.05, 4.69) is 16.8 Å². The Kier molecular flexibility index (Phi) is 3.79. The fourth-order valence-electron chi connectivity index (χ4n) is 2.77. The van der Waals surface area contributed by atoms with E-state index < -0.39 is 5.97 Å². The van der Waals surface area contributed by atoms with Gasteiger partial charge in [0.15, 0.2) is 0 Å². The molecular formula is C15H16N2O3S. The zero-order valence-electron chi connectivity index (χ0n) is 11.4. The van der Waals surface area contributed by atoms with Gasteiger partial charge in [-0.2, -0.15) is 0 Å². The van der Waals surface area contributed by atoms with Gasteiger partial charge in [0.1, 0.15) is 12.2 Å². The SMILES string of the molecule is O=C(O)Cn1cccc1C(=O)NC1CCCc2sccc21. The number of aryl methyl sites for hydroxylation is 1. The number of thiophene rings is 1. The van der Waals surface area contributed by atoms with Gasteiger partial charge < -0.3 is 15.0 Å². The minimum absolute atomic E-state index is 0.0284. The minimum atomic E-state index is -0.960. The van der Waals surface area contributed by atoms with Crippen molar-refractivity contribution in [2.24, 2.45) is 0 Å². The second kappa shape index (κ2) is 5.73. The lowest BCUT2D eigenvalue weighted by molar-refractivity contribution is -0.137. The first-order chi connectivity index (χ1) is 10.1. The summed E-state index contributed by atoms with van der Waals surface area (Å²) >= 11 is 1.73. The number of nitrogens with zero attached hydrogens (tertiary/aromatic N) is 1. The Morgan fingerprint density at radius 3 is 3.10 bits per heavy atom. The first kappa shape index (κ1) is 13.9. The number of carbonyl (C=O) groups excluding carboxylic acids is 1. The molecule has 1 aliphatic rings. The summed E-state index contributed by atoms with van der Waals surface area (Å²) in [6, 6.07) is 5.44. The molecular weight excluding hydrogens is 288 g/mol. The van der Waals surface area contributed by atoms with Crippen LogP contribution in [0, 0.1) is 0 Å². The molecule has 0 aliphatic heterocycles. The average molecular weight is 304 g/mol. The van der Waals surface area contributed by atoms with E-state index >= 15 is 0 Å². The smallest absolute Gasteiger partial charge is 0.323 e. The zero-order chi connectivity index (χ0) is 14.8. The first-order valence-electron chi connectivity index (χ1n) is 6.89. The molecule has 2 aromatic heterocycles. The number of hydrogen-bond donors (Lipinski definition) is 2. The van der Waals surface area contributed by atoms with Crippen LogP contribution in [0.4, 0.5) is 0 Å². The van der Waals surface area contributed by atoms with Crippen molar-refractivity contribution in [3.63, 3.8) is 0 Å². The van der Waals surface area contributed by atoms with Crippen LogP contribution >= 0.6 is 11.3 Å². The summed E-state index contributed by atoms with van der Waals surface area (Å²) < 4.78 is 1.45. The summed E-state index contributed by atoms with van der Waals surface area (Å²) in [6.45, 7) is -0.204. The fraction of sp³-hybridized carbons (Fsp3) is 0.333.